The molecule has 1 unspecified atom stereocenters. The Balaban J connectivity index is 2.00. The summed E-state index contributed by atoms with van der Waals surface area (Å²) in [7, 11) is 0. The molecule has 116 valence electrons. The number of carbonyl (C=O) groups excluding carboxylic acids is 1. The van der Waals surface area contributed by atoms with E-state index >= 15 is 0 Å². The third-order valence-electron chi connectivity index (χ3n) is 3.62. The fourth-order valence-corrected chi connectivity index (χ4v) is 2.81. The summed E-state index contributed by atoms with van der Waals surface area (Å²) in [6, 6.07) is 0. The summed E-state index contributed by atoms with van der Waals surface area (Å²) >= 11 is 12.0. The average Bonchev–Trinajstić information content (AvgIpc) is 2.50. The first-order valence-corrected chi connectivity index (χ1v) is 8.08. The van der Waals surface area contributed by atoms with Crippen molar-refractivity contribution in [2.75, 3.05) is 24.5 Å². The number of halogens is 2. The number of aromatic nitrogens is 2. The van der Waals surface area contributed by atoms with E-state index in [1.165, 1.54) is 6.20 Å². The Bertz CT molecular complexity index is 498. The van der Waals surface area contributed by atoms with Crippen LogP contribution in [0.25, 0.3) is 0 Å². The number of piperidine rings is 1. The Labute approximate surface area is 135 Å². The first-order chi connectivity index (χ1) is 10.1. The Kier molecular flexibility index (Phi) is 6.06. The standard InChI is InChI=1S/C14H20Cl2N4O/c1-2-3-6-17-13(21)10-5-4-7-20(9-10)12-11(15)8-18-14(16)19-12/h8,10H,2-7,9H2,1H3,(H,17,21). The number of nitrogens with one attached hydrogen (secondary N) is 1. The van der Waals surface area contributed by atoms with Gasteiger partial charge in [0.1, 0.15) is 5.02 Å². The minimum Gasteiger partial charge on any atom is -0.356 e. The smallest absolute Gasteiger partial charge is 0.224 e. The maximum absolute atomic E-state index is 12.2. The number of hydrogen-bond acceptors (Lipinski definition) is 4. The van der Waals surface area contributed by atoms with Crippen LogP contribution >= 0.6 is 23.2 Å². The van der Waals surface area contributed by atoms with E-state index in [4.69, 9.17) is 23.2 Å². The Hall–Kier alpha value is -1.07. The molecule has 0 aliphatic carbocycles. The normalized spacial score (nSPS) is 18.6. The number of rotatable bonds is 5. The van der Waals surface area contributed by atoms with E-state index in [9.17, 15) is 4.79 Å². The van der Waals surface area contributed by atoms with Crippen molar-refractivity contribution in [2.45, 2.75) is 32.6 Å². The molecule has 1 aliphatic rings. The van der Waals surface area contributed by atoms with E-state index in [1.54, 1.807) is 0 Å². The van der Waals surface area contributed by atoms with Crippen molar-refractivity contribution in [1.82, 2.24) is 15.3 Å². The molecule has 0 radical (unpaired) electrons. The average molecular weight is 331 g/mol. The SMILES string of the molecule is CCCCNC(=O)C1CCCN(c2nc(Cl)ncc2Cl)C1. The number of anilines is 1. The van der Waals surface area contributed by atoms with Crippen LogP contribution in [0.2, 0.25) is 10.3 Å². The second kappa shape index (κ2) is 7.80. The largest absolute Gasteiger partial charge is 0.356 e. The van der Waals surface area contributed by atoms with Gasteiger partial charge in [-0.1, -0.05) is 24.9 Å². The third-order valence-corrected chi connectivity index (χ3v) is 4.07. The van der Waals surface area contributed by atoms with Crippen molar-refractivity contribution < 1.29 is 4.79 Å². The summed E-state index contributed by atoms with van der Waals surface area (Å²) in [4.78, 5) is 22.2. The highest BCUT2D eigenvalue weighted by atomic mass is 35.5. The van der Waals surface area contributed by atoms with Gasteiger partial charge in [-0.3, -0.25) is 4.79 Å². The van der Waals surface area contributed by atoms with Crippen molar-refractivity contribution in [3.63, 3.8) is 0 Å². The molecule has 0 saturated carbocycles. The fraction of sp³-hybridized carbons (Fsp3) is 0.643. The minimum atomic E-state index is -0.0274. The molecule has 2 heterocycles. The van der Waals surface area contributed by atoms with Crippen LogP contribution < -0.4 is 10.2 Å². The predicted octanol–water partition coefficient (Wildman–Crippen LogP) is 2.92. The fourth-order valence-electron chi connectivity index (χ4n) is 2.48. The van der Waals surface area contributed by atoms with Crippen LogP contribution in [0.15, 0.2) is 6.20 Å². The van der Waals surface area contributed by atoms with Gasteiger partial charge in [-0.25, -0.2) is 4.98 Å². The van der Waals surface area contributed by atoms with Crippen LogP contribution in [0.5, 0.6) is 0 Å². The zero-order chi connectivity index (χ0) is 15.2. The molecule has 1 saturated heterocycles. The molecule has 0 aromatic carbocycles. The first kappa shape index (κ1) is 16.3. The van der Waals surface area contributed by atoms with E-state index in [2.05, 4.69) is 22.2 Å². The second-order valence-electron chi connectivity index (χ2n) is 5.24. The molecule has 7 heteroatoms. The van der Waals surface area contributed by atoms with Gasteiger partial charge < -0.3 is 10.2 Å². The highest BCUT2D eigenvalue weighted by Crippen LogP contribution is 2.28. The zero-order valence-corrected chi connectivity index (χ0v) is 13.6. The van der Waals surface area contributed by atoms with Crippen LogP contribution in [0.4, 0.5) is 5.82 Å². The van der Waals surface area contributed by atoms with Gasteiger partial charge in [0.25, 0.3) is 0 Å². The molecule has 1 N–H and O–H groups in total. The molecule has 1 aliphatic heterocycles. The summed E-state index contributed by atoms with van der Waals surface area (Å²) in [5.41, 5.74) is 0. The van der Waals surface area contributed by atoms with Gasteiger partial charge in [-0.2, -0.15) is 4.98 Å². The van der Waals surface area contributed by atoms with Gasteiger partial charge in [0, 0.05) is 19.6 Å². The van der Waals surface area contributed by atoms with Crippen molar-refractivity contribution in [1.29, 1.82) is 0 Å². The van der Waals surface area contributed by atoms with Crippen LogP contribution in [-0.2, 0) is 4.79 Å². The lowest BCUT2D eigenvalue weighted by atomic mass is 9.97. The topological polar surface area (TPSA) is 58.1 Å². The van der Waals surface area contributed by atoms with Crippen molar-refractivity contribution >= 4 is 34.9 Å². The first-order valence-electron chi connectivity index (χ1n) is 7.32. The van der Waals surface area contributed by atoms with Crippen LogP contribution in [0.1, 0.15) is 32.6 Å². The molecule has 1 amide bonds. The minimum absolute atomic E-state index is 0.0274. The van der Waals surface area contributed by atoms with Crippen molar-refractivity contribution in [2.24, 2.45) is 5.92 Å². The lowest BCUT2D eigenvalue weighted by Gasteiger charge is -2.33. The number of nitrogens with zero attached hydrogens (tertiary/aromatic N) is 3. The summed E-state index contributed by atoms with van der Waals surface area (Å²) in [6.07, 6.45) is 5.41. The zero-order valence-electron chi connectivity index (χ0n) is 12.1. The van der Waals surface area contributed by atoms with E-state index in [1.807, 2.05) is 4.90 Å². The van der Waals surface area contributed by atoms with Crippen LogP contribution in [-0.4, -0.2) is 35.5 Å². The predicted molar refractivity (Wildman–Crippen MR) is 84.9 cm³/mol. The monoisotopic (exact) mass is 330 g/mol. The summed E-state index contributed by atoms with van der Waals surface area (Å²) in [5, 5.41) is 3.63. The van der Waals surface area contributed by atoms with Gasteiger partial charge in [0.05, 0.1) is 12.1 Å². The summed E-state index contributed by atoms with van der Waals surface area (Å²) in [6.45, 7) is 4.29. The number of carbonyl (C=O) groups is 1. The summed E-state index contributed by atoms with van der Waals surface area (Å²) in [5.74, 6) is 0.701. The number of hydrogen-bond donors (Lipinski definition) is 1. The van der Waals surface area contributed by atoms with Crippen molar-refractivity contribution in [3.8, 4) is 0 Å². The van der Waals surface area contributed by atoms with Crippen molar-refractivity contribution in [3.05, 3.63) is 16.5 Å². The molecule has 21 heavy (non-hydrogen) atoms. The molecule has 1 atom stereocenters. The molecule has 0 spiro atoms. The van der Waals surface area contributed by atoms with Gasteiger partial charge in [-0.05, 0) is 30.9 Å². The van der Waals surface area contributed by atoms with Gasteiger partial charge in [0.15, 0.2) is 5.82 Å². The summed E-state index contributed by atoms with van der Waals surface area (Å²) < 4.78 is 0. The molecule has 1 aromatic heterocycles. The highest BCUT2D eigenvalue weighted by molar-refractivity contribution is 6.33. The maximum Gasteiger partial charge on any atom is 0.224 e. The number of unbranched alkanes of at least 4 members (excludes halogenated alkanes) is 1. The van der Waals surface area contributed by atoms with Gasteiger partial charge >= 0.3 is 0 Å². The quantitative estimate of drug-likeness (QED) is 0.666. The molecule has 5 nitrogen and oxygen atoms in total. The second-order valence-corrected chi connectivity index (χ2v) is 5.99. The highest BCUT2D eigenvalue weighted by Gasteiger charge is 2.27. The van der Waals surface area contributed by atoms with Crippen LogP contribution in [0, 0.1) is 5.92 Å². The molecular formula is C14H20Cl2N4O. The van der Waals surface area contributed by atoms with E-state index < -0.39 is 0 Å². The van der Waals surface area contributed by atoms with E-state index in [0.717, 1.165) is 38.8 Å². The van der Waals surface area contributed by atoms with Gasteiger partial charge in [0.2, 0.25) is 11.2 Å². The molecule has 0 bridgehead atoms. The molecule has 1 aromatic rings. The Morgan fingerprint density at radius 3 is 3.10 bits per heavy atom. The van der Waals surface area contributed by atoms with E-state index in [-0.39, 0.29) is 17.1 Å². The molecule has 2 rings (SSSR count). The number of amides is 1. The Morgan fingerprint density at radius 2 is 2.33 bits per heavy atom. The van der Waals surface area contributed by atoms with E-state index in [0.29, 0.717) is 17.4 Å². The maximum atomic E-state index is 12.2. The Morgan fingerprint density at radius 1 is 1.52 bits per heavy atom. The molecule has 1 fully saturated rings. The molecular weight excluding hydrogens is 311 g/mol. The lowest BCUT2D eigenvalue weighted by Crippen LogP contribution is -2.43. The van der Waals surface area contributed by atoms with Crippen LogP contribution in [0.3, 0.4) is 0 Å². The lowest BCUT2D eigenvalue weighted by molar-refractivity contribution is -0.125. The third kappa shape index (κ3) is 4.45. The van der Waals surface area contributed by atoms with Gasteiger partial charge in [-0.15, -0.1) is 0 Å².